The van der Waals surface area contributed by atoms with Gasteiger partial charge in [0, 0.05) is 6.42 Å². The minimum Gasteiger partial charge on any atom is -0.480 e. The van der Waals surface area contributed by atoms with Crippen molar-refractivity contribution in [2.75, 3.05) is 6.54 Å². The van der Waals surface area contributed by atoms with Gasteiger partial charge in [0.15, 0.2) is 0 Å². The number of rotatable bonds is 9. The Morgan fingerprint density at radius 3 is 3.10 bits per heavy atom. The van der Waals surface area contributed by atoms with Crippen molar-refractivity contribution in [1.82, 2.24) is 15.5 Å². The van der Waals surface area contributed by atoms with Crippen molar-refractivity contribution < 1.29 is 14.4 Å². The summed E-state index contributed by atoms with van der Waals surface area (Å²) in [6, 6.07) is 3.42. The van der Waals surface area contributed by atoms with E-state index in [0.717, 1.165) is 17.7 Å². The van der Waals surface area contributed by atoms with Crippen LogP contribution in [-0.4, -0.2) is 33.8 Å². The van der Waals surface area contributed by atoms with E-state index >= 15 is 0 Å². The van der Waals surface area contributed by atoms with Crippen LogP contribution in [0.25, 0.3) is 10.7 Å². The molecule has 21 heavy (non-hydrogen) atoms. The summed E-state index contributed by atoms with van der Waals surface area (Å²) in [5.74, 6) is 0.402. The van der Waals surface area contributed by atoms with Crippen molar-refractivity contribution in [3.05, 3.63) is 23.4 Å². The largest absolute Gasteiger partial charge is 0.480 e. The SMILES string of the molecule is CCCC(NCCCc1nc(-c2cccs2)no1)C(=O)O. The maximum Gasteiger partial charge on any atom is 0.320 e. The number of hydrogen-bond acceptors (Lipinski definition) is 6. The van der Waals surface area contributed by atoms with Gasteiger partial charge in [-0.15, -0.1) is 11.3 Å². The van der Waals surface area contributed by atoms with Crippen LogP contribution >= 0.6 is 11.3 Å². The first kappa shape index (κ1) is 15.7. The van der Waals surface area contributed by atoms with Crippen LogP contribution in [0.1, 0.15) is 32.1 Å². The highest BCUT2D eigenvalue weighted by Crippen LogP contribution is 2.21. The Kier molecular flexibility index (Phi) is 5.89. The average Bonchev–Trinajstić information content (AvgIpc) is 3.12. The third-order valence-electron chi connectivity index (χ3n) is 3.04. The lowest BCUT2D eigenvalue weighted by molar-refractivity contribution is -0.139. The van der Waals surface area contributed by atoms with E-state index in [1.165, 1.54) is 0 Å². The summed E-state index contributed by atoms with van der Waals surface area (Å²) in [5.41, 5.74) is 0. The lowest BCUT2D eigenvalue weighted by Gasteiger charge is -2.12. The van der Waals surface area contributed by atoms with E-state index in [2.05, 4.69) is 15.5 Å². The zero-order valence-corrected chi connectivity index (χ0v) is 12.7. The van der Waals surface area contributed by atoms with Crippen molar-refractivity contribution in [2.45, 2.75) is 38.6 Å². The van der Waals surface area contributed by atoms with Gasteiger partial charge < -0.3 is 14.9 Å². The molecule has 2 heterocycles. The summed E-state index contributed by atoms with van der Waals surface area (Å²) < 4.78 is 5.19. The van der Waals surface area contributed by atoms with Crippen LogP contribution in [0.5, 0.6) is 0 Å². The van der Waals surface area contributed by atoms with Gasteiger partial charge in [-0.1, -0.05) is 24.6 Å². The fourth-order valence-electron chi connectivity index (χ4n) is 1.98. The number of carbonyl (C=O) groups is 1. The van der Waals surface area contributed by atoms with Gasteiger partial charge in [0.25, 0.3) is 0 Å². The van der Waals surface area contributed by atoms with Gasteiger partial charge in [0.1, 0.15) is 6.04 Å². The minimum absolute atomic E-state index is 0.473. The molecule has 2 aromatic heterocycles. The fraction of sp³-hybridized carbons (Fsp3) is 0.500. The Bertz CT molecular complexity index is 554. The van der Waals surface area contributed by atoms with Crippen molar-refractivity contribution in [1.29, 1.82) is 0 Å². The van der Waals surface area contributed by atoms with Crippen molar-refractivity contribution in [3.8, 4) is 10.7 Å². The number of aromatic nitrogens is 2. The zero-order valence-electron chi connectivity index (χ0n) is 11.9. The number of carboxylic acid groups (broad SMARTS) is 1. The first-order valence-electron chi connectivity index (χ1n) is 7.03. The number of nitrogens with zero attached hydrogens (tertiary/aromatic N) is 2. The number of nitrogens with one attached hydrogen (secondary N) is 1. The second-order valence-electron chi connectivity index (χ2n) is 4.73. The summed E-state index contributed by atoms with van der Waals surface area (Å²) in [7, 11) is 0. The predicted molar refractivity (Wildman–Crippen MR) is 80.3 cm³/mol. The van der Waals surface area contributed by atoms with Crippen LogP contribution < -0.4 is 5.32 Å². The van der Waals surface area contributed by atoms with Gasteiger partial charge in [0.2, 0.25) is 11.7 Å². The highest BCUT2D eigenvalue weighted by atomic mass is 32.1. The van der Waals surface area contributed by atoms with Crippen molar-refractivity contribution in [3.63, 3.8) is 0 Å². The first-order chi connectivity index (χ1) is 10.2. The van der Waals surface area contributed by atoms with Crippen LogP contribution in [0, 0.1) is 0 Å². The summed E-state index contributed by atoms with van der Waals surface area (Å²) in [6.45, 7) is 2.59. The Labute approximate surface area is 127 Å². The maximum atomic E-state index is 11.0. The van der Waals surface area contributed by atoms with Crippen molar-refractivity contribution >= 4 is 17.3 Å². The molecule has 2 N–H and O–H groups in total. The second kappa shape index (κ2) is 7.90. The monoisotopic (exact) mass is 309 g/mol. The molecular weight excluding hydrogens is 290 g/mol. The predicted octanol–water partition coefficient (Wildman–Crippen LogP) is 2.57. The number of thiophene rings is 1. The van der Waals surface area contributed by atoms with Crippen LogP contribution in [0.3, 0.4) is 0 Å². The Hall–Kier alpha value is -1.73. The lowest BCUT2D eigenvalue weighted by Crippen LogP contribution is -2.37. The lowest BCUT2D eigenvalue weighted by atomic mass is 10.1. The molecule has 0 fully saturated rings. The molecule has 1 unspecified atom stereocenters. The number of aliphatic carboxylic acids is 1. The fourth-order valence-corrected chi connectivity index (χ4v) is 2.63. The molecule has 0 radical (unpaired) electrons. The number of carboxylic acids is 1. The van der Waals surface area contributed by atoms with E-state index < -0.39 is 12.0 Å². The van der Waals surface area contributed by atoms with E-state index in [0.29, 0.717) is 31.1 Å². The van der Waals surface area contributed by atoms with Gasteiger partial charge in [-0.05, 0) is 30.8 Å². The average molecular weight is 309 g/mol. The second-order valence-corrected chi connectivity index (χ2v) is 5.67. The Morgan fingerprint density at radius 1 is 1.57 bits per heavy atom. The molecule has 0 spiro atoms. The third-order valence-corrected chi connectivity index (χ3v) is 3.91. The molecule has 2 aromatic rings. The topological polar surface area (TPSA) is 88.3 Å². The molecule has 1 atom stereocenters. The molecule has 0 amide bonds. The molecular formula is C14H19N3O3S. The van der Waals surface area contributed by atoms with E-state index in [9.17, 15) is 4.79 Å². The van der Waals surface area contributed by atoms with E-state index in [-0.39, 0.29) is 0 Å². The molecule has 0 saturated heterocycles. The van der Waals surface area contributed by atoms with Gasteiger partial charge in [-0.3, -0.25) is 4.79 Å². The quantitative estimate of drug-likeness (QED) is 0.692. The standard InChI is InChI=1S/C14H19N3O3S/c1-2-5-10(14(18)19)15-8-3-7-12-16-13(17-20-12)11-6-4-9-21-11/h4,6,9-10,15H,2-3,5,7-8H2,1H3,(H,18,19). The van der Waals surface area contributed by atoms with Gasteiger partial charge in [0.05, 0.1) is 4.88 Å². The summed E-state index contributed by atoms with van der Waals surface area (Å²) in [6.07, 6.45) is 2.89. The molecule has 0 aliphatic carbocycles. The third kappa shape index (κ3) is 4.64. The van der Waals surface area contributed by atoms with Gasteiger partial charge in [-0.25, -0.2) is 0 Å². The van der Waals surface area contributed by atoms with Crippen LogP contribution in [0.15, 0.2) is 22.0 Å². The summed E-state index contributed by atoms with van der Waals surface area (Å²) in [4.78, 5) is 16.3. The number of aryl methyl sites for hydroxylation is 1. The van der Waals surface area contributed by atoms with Crippen LogP contribution in [0.2, 0.25) is 0 Å². The molecule has 2 rings (SSSR count). The first-order valence-corrected chi connectivity index (χ1v) is 7.91. The smallest absolute Gasteiger partial charge is 0.320 e. The van der Waals surface area contributed by atoms with Crippen LogP contribution in [0.4, 0.5) is 0 Å². The van der Waals surface area contributed by atoms with E-state index in [1.807, 2.05) is 24.4 Å². The summed E-state index contributed by atoms with van der Waals surface area (Å²) in [5, 5.41) is 18.0. The summed E-state index contributed by atoms with van der Waals surface area (Å²) >= 11 is 1.57. The van der Waals surface area contributed by atoms with E-state index in [4.69, 9.17) is 9.63 Å². The number of hydrogen-bond donors (Lipinski definition) is 2. The maximum absolute atomic E-state index is 11.0. The molecule has 6 nitrogen and oxygen atoms in total. The molecule has 7 heteroatoms. The minimum atomic E-state index is -0.797. The van der Waals surface area contributed by atoms with Crippen molar-refractivity contribution in [2.24, 2.45) is 0 Å². The molecule has 0 bridgehead atoms. The zero-order chi connectivity index (χ0) is 15.1. The van der Waals surface area contributed by atoms with Crippen LogP contribution in [-0.2, 0) is 11.2 Å². The molecule has 0 aromatic carbocycles. The normalized spacial score (nSPS) is 12.4. The van der Waals surface area contributed by atoms with E-state index in [1.54, 1.807) is 11.3 Å². The molecule has 0 saturated carbocycles. The van der Waals surface area contributed by atoms with Gasteiger partial charge >= 0.3 is 5.97 Å². The Morgan fingerprint density at radius 2 is 2.43 bits per heavy atom. The highest BCUT2D eigenvalue weighted by molar-refractivity contribution is 7.13. The molecule has 0 aliphatic heterocycles. The Balaban J connectivity index is 1.75. The highest BCUT2D eigenvalue weighted by Gasteiger charge is 2.15. The molecule has 114 valence electrons. The van der Waals surface area contributed by atoms with Gasteiger partial charge in [-0.2, -0.15) is 4.98 Å². The molecule has 0 aliphatic rings.